The first kappa shape index (κ1) is 14.5. The predicted octanol–water partition coefficient (Wildman–Crippen LogP) is 2.90. The Morgan fingerprint density at radius 3 is 1.90 bits per heavy atom. The van der Waals surface area contributed by atoms with E-state index in [-0.39, 0.29) is 51.4 Å². The Morgan fingerprint density at radius 1 is 0.900 bits per heavy atom. The first-order valence-corrected chi connectivity index (χ1v) is 4.66. The molecule has 0 aliphatic rings. The summed E-state index contributed by atoms with van der Waals surface area (Å²) in [5, 5.41) is 0. The molecule has 0 saturated carbocycles. The third-order valence-electron chi connectivity index (χ3n) is 1.51. The molecular weight excluding hydrogens is 167 g/mol. The SMILES string of the molecule is CCCCCCCCS.[K]. The Hall–Kier alpha value is 1.99. The second-order valence-corrected chi connectivity index (χ2v) is 2.94. The molecule has 0 aromatic heterocycles. The van der Waals surface area contributed by atoms with Crippen LogP contribution in [0.3, 0.4) is 0 Å². The molecule has 0 aliphatic heterocycles. The van der Waals surface area contributed by atoms with Crippen molar-refractivity contribution in [2.75, 3.05) is 5.75 Å². The molecule has 0 atom stereocenters. The van der Waals surface area contributed by atoms with Crippen molar-refractivity contribution < 1.29 is 0 Å². The summed E-state index contributed by atoms with van der Waals surface area (Å²) in [6, 6.07) is 0. The van der Waals surface area contributed by atoms with Crippen LogP contribution >= 0.6 is 12.6 Å². The maximum absolute atomic E-state index is 4.15. The summed E-state index contributed by atoms with van der Waals surface area (Å²) >= 11 is 4.15. The van der Waals surface area contributed by atoms with Gasteiger partial charge in [0.1, 0.15) is 0 Å². The summed E-state index contributed by atoms with van der Waals surface area (Å²) in [7, 11) is 0. The third kappa shape index (κ3) is 12.6. The average molecular weight is 185 g/mol. The van der Waals surface area contributed by atoms with Crippen LogP contribution in [0, 0.1) is 0 Å². The van der Waals surface area contributed by atoms with Crippen LogP contribution in [-0.4, -0.2) is 57.1 Å². The fraction of sp³-hybridized carbons (Fsp3) is 1.00. The van der Waals surface area contributed by atoms with Crippen LogP contribution < -0.4 is 0 Å². The number of rotatable bonds is 6. The summed E-state index contributed by atoms with van der Waals surface area (Å²) < 4.78 is 0. The van der Waals surface area contributed by atoms with Crippen LogP contribution in [0.4, 0.5) is 0 Å². The second kappa shape index (κ2) is 13.6. The van der Waals surface area contributed by atoms with Crippen LogP contribution in [0.15, 0.2) is 0 Å². The summed E-state index contributed by atoms with van der Waals surface area (Å²) in [6.07, 6.45) is 8.27. The molecule has 1 radical (unpaired) electrons. The van der Waals surface area contributed by atoms with Gasteiger partial charge in [-0.1, -0.05) is 39.0 Å². The van der Waals surface area contributed by atoms with E-state index < -0.39 is 0 Å². The quantitative estimate of drug-likeness (QED) is 0.367. The molecular formula is C8H18KS. The minimum Gasteiger partial charge on any atom is -0.179 e. The number of unbranched alkanes of at least 4 members (excludes halogenated alkanes) is 5. The van der Waals surface area contributed by atoms with E-state index in [2.05, 4.69) is 19.6 Å². The molecule has 0 nitrogen and oxygen atoms in total. The molecule has 0 aromatic rings. The van der Waals surface area contributed by atoms with Crippen molar-refractivity contribution in [3.63, 3.8) is 0 Å². The minimum atomic E-state index is 0. The smallest absolute Gasteiger partial charge is 0 e. The fourth-order valence-corrected chi connectivity index (χ4v) is 1.12. The van der Waals surface area contributed by atoms with Crippen LogP contribution in [0.5, 0.6) is 0 Å². The Kier molecular flexibility index (Phi) is 19.7. The standard InChI is InChI=1S/C8H18S.K/c1-2-3-4-5-6-7-8-9;/h9H,2-8H2,1H3;. The molecule has 0 unspecified atom stereocenters. The molecule has 0 saturated heterocycles. The van der Waals surface area contributed by atoms with Gasteiger partial charge >= 0.3 is 0 Å². The molecule has 0 aromatic carbocycles. The summed E-state index contributed by atoms with van der Waals surface area (Å²) in [5.41, 5.74) is 0. The van der Waals surface area contributed by atoms with Crippen molar-refractivity contribution >= 4 is 64.0 Å². The fourth-order valence-electron chi connectivity index (χ4n) is 0.892. The molecule has 57 valence electrons. The Labute approximate surface area is 113 Å². The van der Waals surface area contributed by atoms with Crippen LogP contribution in [0.1, 0.15) is 45.4 Å². The van der Waals surface area contributed by atoms with Gasteiger partial charge in [0, 0.05) is 51.4 Å². The van der Waals surface area contributed by atoms with E-state index in [0.29, 0.717) is 0 Å². The van der Waals surface area contributed by atoms with Gasteiger partial charge in [-0.05, 0) is 12.2 Å². The van der Waals surface area contributed by atoms with E-state index in [9.17, 15) is 0 Å². The molecule has 2 heteroatoms. The largest absolute Gasteiger partial charge is 0.179 e. The van der Waals surface area contributed by atoms with Crippen LogP contribution in [-0.2, 0) is 0 Å². The van der Waals surface area contributed by atoms with Gasteiger partial charge in [0.2, 0.25) is 0 Å². The van der Waals surface area contributed by atoms with Gasteiger partial charge in [0.25, 0.3) is 0 Å². The maximum atomic E-state index is 4.15. The predicted molar refractivity (Wildman–Crippen MR) is 53.0 cm³/mol. The van der Waals surface area contributed by atoms with Gasteiger partial charge in [-0.3, -0.25) is 0 Å². The summed E-state index contributed by atoms with van der Waals surface area (Å²) in [6.45, 7) is 2.25. The molecule has 0 heterocycles. The van der Waals surface area contributed by atoms with Gasteiger partial charge in [-0.15, -0.1) is 0 Å². The molecule has 0 rings (SSSR count). The Morgan fingerprint density at radius 2 is 1.40 bits per heavy atom. The average Bonchev–Trinajstić information content (AvgIpc) is 1.89. The third-order valence-corrected chi connectivity index (χ3v) is 1.83. The Balaban J connectivity index is 0. The molecule has 0 spiro atoms. The number of hydrogen-bond donors (Lipinski definition) is 1. The van der Waals surface area contributed by atoms with E-state index in [0.717, 1.165) is 5.75 Å². The topological polar surface area (TPSA) is 0 Å². The van der Waals surface area contributed by atoms with Crippen molar-refractivity contribution in [1.82, 2.24) is 0 Å². The van der Waals surface area contributed by atoms with Crippen molar-refractivity contribution in [3.8, 4) is 0 Å². The van der Waals surface area contributed by atoms with E-state index in [1.165, 1.54) is 38.5 Å². The van der Waals surface area contributed by atoms with Gasteiger partial charge in [-0.25, -0.2) is 0 Å². The van der Waals surface area contributed by atoms with Crippen molar-refractivity contribution in [2.45, 2.75) is 45.4 Å². The zero-order chi connectivity index (χ0) is 6.95. The van der Waals surface area contributed by atoms with Gasteiger partial charge in [-0.2, -0.15) is 12.6 Å². The van der Waals surface area contributed by atoms with Gasteiger partial charge in [0.15, 0.2) is 0 Å². The normalized spacial score (nSPS) is 9.00. The summed E-state index contributed by atoms with van der Waals surface area (Å²) in [4.78, 5) is 0. The molecule has 10 heavy (non-hydrogen) atoms. The van der Waals surface area contributed by atoms with Gasteiger partial charge in [0.05, 0.1) is 0 Å². The molecule has 0 fully saturated rings. The molecule has 0 amide bonds. The van der Waals surface area contributed by atoms with Crippen LogP contribution in [0.2, 0.25) is 0 Å². The molecule has 0 bridgehead atoms. The monoisotopic (exact) mass is 185 g/mol. The summed E-state index contributed by atoms with van der Waals surface area (Å²) in [5.74, 6) is 1.06. The maximum Gasteiger partial charge on any atom is 0 e. The zero-order valence-corrected chi connectivity index (χ0v) is 11.4. The van der Waals surface area contributed by atoms with Crippen molar-refractivity contribution in [1.29, 1.82) is 0 Å². The van der Waals surface area contributed by atoms with Crippen molar-refractivity contribution in [3.05, 3.63) is 0 Å². The molecule has 0 N–H and O–H groups in total. The first-order chi connectivity index (χ1) is 4.41. The van der Waals surface area contributed by atoms with Gasteiger partial charge < -0.3 is 0 Å². The number of thiol groups is 1. The van der Waals surface area contributed by atoms with Crippen LogP contribution in [0.25, 0.3) is 0 Å². The van der Waals surface area contributed by atoms with Crippen molar-refractivity contribution in [2.24, 2.45) is 0 Å². The van der Waals surface area contributed by atoms with E-state index in [1.807, 2.05) is 0 Å². The zero-order valence-electron chi connectivity index (χ0n) is 7.40. The minimum absolute atomic E-state index is 0. The molecule has 0 aliphatic carbocycles. The van der Waals surface area contributed by atoms with E-state index >= 15 is 0 Å². The van der Waals surface area contributed by atoms with E-state index in [1.54, 1.807) is 0 Å². The number of hydrogen-bond acceptors (Lipinski definition) is 1. The second-order valence-electron chi connectivity index (χ2n) is 2.49. The Bertz CT molecular complexity index is 42.5. The van der Waals surface area contributed by atoms with E-state index in [4.69, 9.17) is 0 Å². The first-order valence-electron chi connectivity index (χ1n) is 4.02.